The van der Waals surface area contributed by atoms with Crippen LogP contribution < -0.4 is 19.7 Å². The van der Waals surface area contributed by atoms with E-state index in [9.17, 15) is 14.7 Å². The largest absolute Gasteiger partial charge is 0.493 e. The second-order valence-electron chi connectivity index (χ2n) is 5.84. The van der Waals surface area contributed by atoms with Crippen molar-refractivity contribution in [1.29, 1.82) is 0 Å². The Labute approximate surface area is 150 Å². The maximum atomic E-state index is 11.9. The van der Waals surface area contributed by atoms with Gasteiger partial charge in [0.1, 0.15) is 0 Å². The van der Waals surface area contributed by atoms with Gasteiger partial charge in [0.05, 0.1) is 25.2 Å². The van der Waals surface area contributed by atoms with Crippen molar-refractivity contribution >= 4 is 34.7 Å². The van der Waals surface area contributed by atoms with E-state index in [1.54, 1.807) is 26.4 Å². The van der Waals surface area contributed by atoms with Crippen molar-refractivity contribution in [2.24, 2.45) is 0 Å². The van der Waals surface area contributed by atoms with Crippen LogP contribution in [0, 0.1) is 0 Å². The summed E-state index contributed by atoms with van der Waals surface area (Å²) in [4.78, 5) is 25.8. The lowest BCUT2D eigenvalue weighted by molar-refractivity contribution is -0.115. The molecule has 0 radical (unpaired) electrons. The number of thioether (sulfide) groups is 1. The van der Waals surface area contributed by atoms with Gasteiger partial charge in [-0.1, -0.05) is 0 Å². The Morgan fingerprint density at radius 3 is 2.40 bits per heavy atom. The monoisotopic (exact) mass is 364 g/mol. The van der Waals surface area contributed by atoms with Gasteiger partial charge < -0.3 is 19.5 Å². The van der Waals surface area contributed by atoms with Crippen LogP contribution in [0.15, 0.2) is 17.0 Å². The quantitative estimate of drug-likeness (QED) is 0.790. The lowest BCUT2D eigenvalue weighted by Crippen LogP contribution is -2.36. The van der Waals surface area contributed by atoms with Gasteiger partial charge in [0.2, 0.25) is 0 Å². The molecule has 0 aliphatic carbocycles. The fraction of sp³-hybridized carbons (Fsp3) is 0.412. The van der Waals surface area contributed by atoms with Crippen molar-refractivity contribution in [3.05, 3.63) is 22.6 Å². The van der Waals surface area contributed by atoms with E-state index in [-0.39, 0.29) is 11.3 Å². The van der Waals surface area contributed by atoms with Gasteiger partial charge in [-0.3, -0.25) is 14.9 Å². The Morgan fingerprint density at radius 2 is 1.84 bits per heavy atom. The predicted molar refractivity (Wildman–Crippen MR) is 96.1 cm³/mol. The van der Waals surface area contributed by atoms with Crippen LogP contribution in [-0.4, -0.2) is 49.7 Å². The third-order valence-electron chi connectivity index (χ3n) is 4.27. The van der Waals surface area contributed by atoms with Gasteiger partial charge in [0.25, 0.3) is 11.1 Å². The number of anilines is 1. The van der Waals surface area contributed by atoms with E-state index >= 15 is 0 Å². The van der Waals surface area contributed by atoms with Crippen LogP contribution in [0.25, 0.3) is 6.08 Å². The molecular weight excluding hydrogens is 344 g/mol. The first-order valence-corrected chi connectivity index (χ1v) is 8.77. The fourth-order valence-electron chi connectivity index (χ4n) is 2.94. The van der Waals surface area contributed by atoms with E-state index in [0.29, 0.717) is 42.3 Å². The zero-order chi connectivity index (χ0) is 18.0. The van der Waals surface area contributed by atoms with Crippen LogP contribution in [-0.2, 0) is 4.79 Å². The van der Waals surface area contributed by atoms with Crippen molar-refractivity contribution in [2.45, 2.75) is 18.9 Å². The number of nitrogens with one attached hydrogen (secondary N) is 1. The lowest BCUT2D eigenvalue weighted by atomic mass is 10.0. The van der Waals surface area contributed by atoms with Crippen molar-refractivity contribution in [3.63, 3.8) is 0 Å². The molecule has 3 rings (SSSR count). The standard InChI is InChI=1S/C17H20N2O5S/c1-23-13-7-10(8-15-16(21)18-17(22)25-15)12(9-14(13)24-2)19-5-3-11(20)4-6-19/h7-9,11,20H,3-6H2,1-2H3,(H,18,21,22)/b15-8-. The third-order valence-corrected chi connectivity index (χ3v) is 5.08. The number of aliphatic hydroxyl groups is 1. The molecule has 0 aromatic heterocycles. The number of piperidine rings is 1. The highest BCUT2D eigenvalue weighted by molar-refractivity contribution is 8.18. The number of carbonyl (C=O) groups excluding carboxylic acids is 2. The second kappa shape index (κ2) is 7.37. The molecule has 2 amide bonds. The van der Waals surface area contributed by atoms with Gasteiger partial charge in [-0.25, -0.2) is 0 Å². The summed E-state index contributed by atoms with van der Waals surface area (Å²) < 4.78 is 10.8. The zero-order valence-corrected chi connectivity index (χ0v) is 14.9. The molecule has 0 saturated carbocycles. The number of amides is 2. The molecule has 2 saturated heterocycles. The van der Waals surface area contributed by atoms with Crippen molar-refractivity contribution in [1.82, 2.24) is 5.32 Å². The molecule has 2 N–H and O–H groups in total. The number of imide groups is 1. The summed E-state index contributed by atoms with van der Waals surface area (Å²) in [6.07, 6.45) is 2.76. The van der Waals surface area contributed by atoms with Crippen molar-refractivity contribution < 1.29 is 24.2 Å². The van der Waals surface area contributed by atoms with Crippen LogP contribution in [0.2, 0.25) is 0 Å². The highest BCUT2D eigenvalue weighted by Crippen LogP contribution is 2.38. The molecule has 7 nitrogen and oxygen atoms in total. The number of nitrogens with zero attached hydrogens (tertiary/aromatic N) is 1. The molecule has 0 unspecified atom stereocenters. The maximum absolute atomic E-state index is 11.9. The van der Waals surface area contributed by atoms with Gasteiger partial charge >= 0.3 is 0 Å². The maximum Gasteiger partial charge on any atom is 0.290 e. The molecular formula is C17H20N2O5S. The molecule has 2 aliphatic rings. The van der Waals surface area contributed by atoms with E-state index in [0.717, 1.165) is 23.0 Å². The minimum Gasteiger partial charge on any atom is -0.493 e. The molecule has 2 aliphatic heterocycles. The molecule has 2 heterocycles. The number of benzene rings is 1. The Hall–Kier alpha value is -2.19. The van der Waals surface area contributed by atoms with Crippen molar-refractivity contribution in [2.75, 3.05) is 32.2 Å². The van der Waals surface area contributed by atoms with Gasteiger partial charge in [-0.15, -0.1) is 0 Å². The van der Waals surface area contributed by atoms with E-state index in [1.165, 1.54) is 0 Å². The average Bonchev–Trinajstić information content (AvgIpc) is 2.92. The minimum atomic E-state index is -0.398. The molecule has 0 atom stereocenters. The Balaban J connectivity index is 2.03. The molecule has 1 aromatic rings. The summed E-state index contributed by atoms with van der Waals surface area (Å²) in [6.45, 7) is 1.40. The van der Waals surface area contributed by atoms with E-state index < -0.39 is 5.91 Å². The molecule has 25 heavy (non-hydrogen) atoms. The number of carbonyl (C=O) groups is 2. The van der Waals surface area contributed by atoms with Crippen LogP contribution in [0.3, 0.4) is 0 Å². The van der Waals surface area contributed by atoms with E-state index in [2.05, 4.69) is 10.2 Å². The SMILES string of the molecule is COc1cc(/C=C2\SC(=O)NC2=O)c(N2CCC(O)CC2)cc1OC. The average molecular weight is 364 g/mol. The Bertz CT molecular complexity index is 726. The summed E-state index contributed by atoms with van der Waals surface area (Å²) in [6, 6.07) is 3.66. The Morgan fingerprint density at radius 1 is 1.20 bits per heavy atom. The summed E-state index contributed by atoms with van der Waals surface area (Å²) >= 11 is 0.879. The fourth-order valence-corrected chi connectivity index (χ4v) is 3.62. The van der Waals surface area contributed by atoms with Gasteiger partial charge in [0.15, 0.2) is 11.5 Å². The summed E-state index contributed by atoms with van der Waals surface area (Å²) in [5, 5.41) is 11.6. The summed E-state index contributed by atoms with van der Waals surface area (Å²) in [5.41, 5.74) is 1.64. The van der Waals surface area contributed by atoms with Crippen LogP contribution >= 0.6 is 11.8 Å². The number of methoxy groups -OCH3 is 2. The smallest absolute Gasteiger partial charge is 0.290 e. The topological polar surface area (TPSA) is 88.1 Å². The van der Waals surface area contributed by atoms with Gasteiger partial charge in [-0.2, -0.15) is 0 Å². The number of hydrogen-bond acceptors (Lipinski definition) is 7. The lowest BCUT2D eigenvalue weighted by Gasteiger charge is -2.33. The zero-order valence-electron chi connectivity index (χ0n) is 14.1. The number of ether oxygens (including phenoxy) is 2. The molecule has 2 fully saturated rings. The Kier molecular flexibility index (Phi) is 5.19. The highest BCUT2D eigenvalue weighted by Gasteiger charge is 2.27. The first-order chi connectivity index (χ1) is 12.0. The molecule has 0 spiro atoms. The van der Waals surface area contributed by atoms with Gasteiger partial charge in [-0.05, 0) is 36.7 Å². The first-order valence-electron chi connectivity index (χ1n) is 7.95. The van der Waals surface area contributed by atoms with E-state index in [1.807, 2.05) is 6.07 Å². The van der Waals surface area contributed by atoms with Gasteiger partial charge in [0, 0.05) is 30.4 Å². The van der Waals surface area contributed by atoms with Crippen LogP contribution in [0.4, 0.5) is 10.5 Å². The number of aliphatic hydroxyl groups excluding tert-OH is 1. The normalized spacial score (nSPS) is 20.1. The van der Waals surface area contributed by atoms with Crippen LogP contribution in [0.5, 0.6) is 11.5 Å². The minimum absolute atomic E-state index is 0.285. The van der Waals surface area contributed by atoms with E-state index in [4.69, 9.17) is 9.47 Å². The number of hydrogen-bond donors (Lipinski definition) is 2. The number of rotatable bonds is 4. The highest BCUT2D eigenvalue weighted by atomic mass is 32.2. The second-order valence-corrected chi connectivity index (χ2v) is 6.85. The molecule has 134 valence electrons. The predicted octanol–water partition coefficient (Wildman–Crippen LogP) is 1.99. The first kappa shape index (κ1) is 17.6. The summed E-state index contributed by atoms with van der Waals surface area (Å²) in [5.74, 6) is 0.736. The molecule has 1 aromatic carbocycles. The van der Waals surface area contributed by atoms with Crippen LogP contribution in [0.1, 0.15) is 18.4 Å². The van der Waals surface area contributed by atoms with Crippen molar-refractivity contribution in [3.8, 4) is 11.5 Å². The third kappa shape index (κ3) is 3.74. The summed E-state index contributed by atoms with van der Waals surface area (Å²) in [7, 11) is 3.12. The molecule has 8 heteroatoms. The molecule has 0 bridgehead atoms.